The Morgan fingerprint density at radius 3 is 2.44 bits per heavy atom. The van der Waals surface area contributed by atoms with Gasteiger partial charge in [0.05, 0.1) is 4.88 Å². The topological polar surface area (TPSA) is 100 Å². The third-order valence-corrected chi connectivity index (χ3v) is 9.09. The highest BCUT2D eigenvalue weighted by Crippen LogP contribution is 2.55. The van der Waals surface area contributed by atoms with Crippen LogP contribution in [0.3, 0.4) is 0 Å². The maximum absolute atomic E-state index is 13.2. The summed E-state index contributed by atoms with van der Waals surface area (Å²) in [6.45, 7) is -0.333. The molecular weight excluding hydrogens is 474 g/mol. The van der Waals surface area contributed by atoms with Gasteiger partial charge in [-0.2, -0.15) is 0 Å². The SMILES string of the molecule is O=C(COC(=O)[C@H](Cc1c[nH]c2ccccc12)NC(=O)c1cccs1)NC12CC3CC(CC(C3)C1)C2. The van der Waals surface area contributed by atoms with Crippen LogP contribution in [0.1, 0.15) is 53.8 Å². The number of para-hydroxylation sites is 1. The zero-order chi connectivity index (χ0) is 24.7. The van der Waals surface area contributed by atoms with Crippen molar-refractivity contribution in [2.45, 2.75) is 56.5 Å². The largest absolute Gasteiger partial charge is 0.454 e. The van der Waals surface area contributed by atoms with E-state index in [9.17, 15) is 14.4 Å². The molecule has 0 aliphatic heterocycles. The van der Waals surface area contributed by atoms with Crippen LogP contribution in [0.15, 0.2) is 48.0 Å². The van der Waals surface area contributed by atoms with Gasteiger partial charge in [-0.15, -0.1) is 11.3 Å². The summed E-state index contributed by atoms with van der Waals surface area (Å²) in [6.07, 6.45) is 9.12. The molecule has 3 aromatic rings. The quantitative estimate of drug-likeness (QED) is 0.400. The van der Waals surface area contributed by atoms with Gasteiger partial charge in [0.1, 0.15) is 6.04 Å². The Bertz CT molecular complexity index is 1250. The van der Waals surface area contributed by atoms with Crippen LogP contribution in [0, 0.1) is 17.8 Å². The minimum absolute atomic E-state index is 0.130. The number of thiophene rings is 1. The molecule has 0 saturated heterocycles. The van der Waals surface area contributed by atoms with E-state index in [1.807, 2.05) is 35.8 Å². The molecule has 4 fully saturated rings. The van der Waals surface area contributed by atoms with Crippen molar-refractivity contribution in [2.75, 3.05) is 6.61 Å². The van der Waals surface area contributed by atoms with Crippen LogP contribution in [0.2, 0.25) is 0 Å². The first-order valence-corrected chi connectivity index (χ1v) is 13.7. The number of amides is 2. The van der Waals surface area contributed by atoms with Crippen LogP contribution in [0.25, 0.3) is 10.9 Å². The van der Waals surface area contributed by atoms with Crippen molar-refractivity contribution in [3.63, 3.8) is 0 Å². The molecule has 1 atom stereocenters. The third kappa shape index (κ3) is 4.66. The van der Waals surface area contributed by atoms with E-state index in [1.54, 1.807) is 12.1 Å². The number of hydrogen-bond acceptors (Lipinski definition) is 5. The van der Waals surface area contributed by atoms with E-state index in [2.05, 4.69) is 15.6 Å². The molecule has 1 aromatic carbocycles. The van der Waals surface area contributed by atoms with Crippen molar-refractivity contribution in [3.8, 4) is 0 Å². The highest BCUT2D eigenvalue weighted by molar-refractivity contribution is 7.12. The Morgan fingerprint density at radius 1 is 1.03 bits per heavy atom. The van der Waals surface area contributed by atoms with Gasteiger partial charge in [0.15, 0.2) is 6.61 Å². The normalized spacial score (nSPS) is 27.1. The van der Waals surface area contributed by atoms with E-state index in [0.717, 1.165) is 35.7 Å². The number of hydrogen-bond donors (Lipinski definition) is 3. The van der Waals surface area contributed by atoms with E-state index in [1.165, 1.54) is 30.6 Å². The molecule has 4 saturated carbocycles. The van der Waals surface area contributed by atoms with Crippen LogP contribution in [-0.2, 0) is 20.7 Å². The Hall–Kier alpha value is -3.13. The van der Waals surface area contributed by atoms with Gasteiger partial charge < -0.3 is 20.4 Å². The third-order valence-electron chi connectivity index (χ3n) is 8.22. The number of carbonyl (C=O) groups is 3. The smallest absolute Gasteiger partial charge is 0.329 e. The average Bonchev–Trinajstić information content (AvgIpc) is 3.52. The van der Waals surface area contributed by atoms with Crippen LogP contribution in [0.4, 0.5) is 0 Å². The number of fused-ring (bicyclic) bond motifs is 1. The zero-order valence-electron chi connectivity index (χ0n) is 20.1. The van der Waals surface area contributed by atoms with Gasteiger partial charge in [-0.3, -0.25) is 9.59 Å². The van der Waals surface area contributed by atoms with E-state index >= 15 is 0 Å². The monoisotopic (exact) mass is 505 g/mol. The summed E-state index contributed by atoms with van der Waals surface area (Å²) < 4.78 is 5.49. The molecular formula is C28H31N3O4S. The zero-order valence-corrected chi connectivity index (χ0v) is 20.9. The van der Waals surface area contributed by atoms with E-state index < -0.39 is 12.0 Å². The lowest BCUT2D eigenvalue weighted by molar-refractivity contribution is -0.151. The number of carbonyl (C=O) groups excluding carboxylic acids is 3. The summed E-state index contributed by atoms with van der Waals surface area (Å²) in [5.74, 6) is 0.961. The van der Waals surface area contributed by atoms with Crippen LogP contribution >= 0.6 is 11.3 Å². The van der Waals surface area contributed by atoms with Crippen LogP contribution < -0.4 is 10.6 Å². The molecule has 0 radical (unpaired) electrons. The molecule has 188 valence electrons. The predicted molar refractivity (Wildman–Crippen MR) is 138 cm³/mol. The first-order chi connectivity index (χ1) is 17.5. The first-order valence-electron chi connectivity index (χ1n) is 12.8. The number of nitrogens with one attached hydrogen (secondary N) is 3. The van der Waals surface area contributed by atoms with Crippen molar-refractivity contribution in [3.05, 3.63) is 58.4 Å². The standard InChI is InChI=1S/C28H31N3O4S/c32-25(31-28-12-17-8-18(13-28)10-19(9-17)14-28)16-35-27(34)23(30-26(33)24-6-3-7-36-24)11-20-15-29-22-5-2-1-4-21(20)22/h1-7,15,17-19,23,29H,8-14,16H2,(H,30,33)(H,31,32)/t17?,18?,19?,23-,28?/m0/s1. The van der Waals surface area contributed by atoms with Crippen molar-refractivity contribution in [1.82, 2.24) is 15.6 Å². The fourth-order valence-corrected chi connectivity index (χ4v) is 7.81. The maximum atomic E-state index is 13.2. The first kappa shape index (κ1) is 23.3. The summed E-state index contributed by atoms with van der Waals surface area (Å²) in [4.78, 5) is 42.5. The fourth-order valence-electron chi connectivity index (χ4n) is 7.18. The van der Waals surface area contributed by atoms with Gasteiger partial charge in [-0.25, -0.2) is 4.79 Å². The number of rotatable bonds is 8. The lowest BCUT2D eigenvalue weighted by Crippen LogP contribution is -2.60. The summed E-state index contributed by atoms with van der Waals surface area (Å²) in [5, 5.41) is 8.87. The lowest BCUT2D eigenvalue weighted by Gasteiger charge is -2.56. The Kier molecular flexibility index (Phi) is 6.07. The second-order valence-electron chi connectivity index (χ2n) is 10.9. The van der Waals surface area contributed by atoms with Crippen molar-refractivity contribution in [1.29, 1.82) is 0 Å². The molecule has 3 N–H and O–H groups in total. The second kappa shape index (κ2) is 9.39. The fraction of sp³-hybridized carbons (Fsp3) is 0.464. The molecule has 4 aliphatic rings. The van der Waals surface area contributed by atoms with Crippen molar-refractivity contribution < 1.29 is 19.1 Å². The van der Waals surface area contributed by atoms with Crippen molar-refractivity contribution >= 4 is 40.0 Å². The molecule has 2 aromatic heterocycles. The van der Waals surface area contributed by atoms with E-state index in [4.69, 9.17) is 4.74 Å². The average molecular weight is 506 g/mol. The highest BCUT2D eigenvalue weighted by atomic mass is 32.1. The highest BCUT2D eigenvalue weighted by Gasteiger charge is 2.51. The summed E-state index contributed by atoms with van der Waals surface area (Å²) >= 11 is 1.31. The minimum Gasteiger partial charge on any atom is -0.454 e. The van der Waals surface area contributed by atoms with Gasteiger partial charge in [-0.05, 0) is 79.4 Å². The molecule has 4 bridgehead atoms. The van der Waals surface area contributed by atoms with Gasteiger partial charge in [-0.1, -0.05) is 24.3 Å². The summed E-state index contributed by atoms with van der Waals surface area (Å²) in [6, 6.07) is 10.4. The van der Waals surface area contributed by atoms with E-state index in [0.29, 0.717) is 22.6 Å². The Balaban J connectivity index is 1.12. The number of ether oxygens (including phenoxy) is 1. The Morgan fingerprint density at radius 2 is 1.75 bits per heavy atom. The van der Waals surface area contributed by atoms with Crippen molar-refractivity contribution in [2.24, 2.45) is 17.8 Å². The molecule has 7 rings (SSSR count). The van der Waals surface area contributed by atoms with Gasteiger partial charge >= 0.3 is 5.97 Å². The van der Waals surface area contributed by atoms with Gasteiger partial charge in [0, 0.05) is 29.1 Å². The number of aromatic amines is 1. The summed E-state index contributed by atoms with van der Waals surface area (Å²) in [7, 11) is 0. The molecule has 36 heavy (non-hydrogen) atoms. The van der Waals surface area contributed by atoms with E-state index in [-0.39, 0.29) is 30.4 Å². The molecule has 8 heteroatoms. The maximum Gasteiger partial charge on any atom is 0.329 e. The molecule has 4 aliphatic carbocycles. The molecule has 2 amide bonds. The minimum atomic E-state index is -0.911. The molecule has 7 nitrogen and oxygen atoms in total. The molecule has 2 heterocycles. The number of esters is 1. The lowest BCUT2D eigenvalue weighted by atomic mass is 9.53. The van der Waals surface area contributed by atoms with Gasteiger partial charge in [0.25, 0.3) is 11.8 Å². The number of aromatic nitrogens is 1. The van der Waals surface area contributed by atoms with Crippen LogP contribution in [0.5, 0.6) is 0 Å². The summed E-state index contributed by atoms with van der Waals surface area (Å²) in [5.41, 5.74) is 1.73. The number of benzene rings is 1. The number of H-pyrrole nitrogens is 1. The second-order valence-corrected chi connectivity index (χ2v) is 11.9. The van der Waals surface area contributed by atoms with Gasteiger partial charge in [0.2, 0.25) is 0 Å². The predicted octanol–water partition coefficient (Wildman–Crippen LogP) is 4.20. The van der Waals surface area contributed by atoms with Crippen LogP contribution in [-0.4, -0.2) is 41.0 Å². The Labute approximate surface area is 214 Å². The molecule has 0 unspecified atom stereocenters. The molecule has 0 spiro atoms.